The molecule has 1 aliphatic carbocycles. The third kappa shape index (κ3) is 6.18. The lowest BCUT2D eigenvalue weighted by Gasteiger charge is -2.47. The highest BCUT2D eigenvalue weighted by Gasteiger charge is 2.41. The highest BCUT2D eigenvalue weighted by Crippen LogP contribution is 2.43. The van der Waals surface area contributed by atoms with Crippen molar-refractivity contribution in [2.24, 2.45) is 5.73 Å². The minimum absolute atomic E-state index is 0.00197. The zero-order chi connectivity index (χ0) is 24.2. The Hall–Kier alpha value is -1.86. The second kappa shape index (κ2) is 10.6. The van der Waals surface area contributed by atoms with Gasteiger partial charge in [-0.15, -0.1) is 0 Å². The van der Waals surface area contributed by atoms with Gasteiger partial charge in [-0.25, -0.2) is 8.78 Å². The minimum atomic E-state index is -0.965. The first-order valence-electron chi connectivity index (χ1n) is 11.9. The van der Waals surface area contributed by atoms with E-state index in [1.54, 1.807) is 0 Å². The van der Waals surface area contributed by atoms with Crippen molar-refractivity contribution in [3.05, 3.63) is 70.8 Å². The van der Waals surface area contributed by atoms with Crippen LogP contribution in [0.25, 0.3) is 0 Å². The van der Waals surface area contributed by atoms with Gasteiger partial charge in [0.05, 0.1) is 12.8 Å². The topological polar surface area (TPSA) is 69.7 Å². The molecule has 2 atom stereocenters. The lowest BCUT2D eigenvalue weighted by atomic mass is 9.73. The van der Waals surface area contributed by atoms with E-state index in [1.807, 2.05) is 4.90 Å². The Labute approximate surface area is 196 Å². The van der Waals surface area contributed by atoms with Gasteiger partial charge >= 0.3 is 0 Å². The van der Waals surface area contributed by atoms with Crippen molar-refractivity contribution in [1.82, 2.24) is 4.90 Å². The van der Waals surface area contributed by atoms with Crippen LogP contribution >= 0.6 is 0 Å². The fraction of sp³-hybridized carbons (Fsp3) is 0.556. The number of nitrogens with zero attached hydrogens (tertiary/aromatic N) is 1. The van der Waals surface area contributed by atoms with E-state index in [2.05, 4.69) is 45.0 Å². The van der Waals surface area contributed by atoms with Crippen molar-refractivity contribution in [3.63, 3.8) is 0 Å². The number of rotatable bonds is 8. The summed E-state index contributed by atoms with van der Waals surface area (Å²) < 4.78 is 27.1. The fourth-order valence-electron chi connectivity index (χ4n) is 5.07. The highest BCUT2D eigenvalue weighted by atomic mass is 19.1. The Kier molecular flexibility index (Phi) is 8.27. The van der Waals surface area contributed by atoms with E-state index in [0.29, 0.717) is 5.56 Å². The van der Waals surface area contributed by atoms with Crippen LogP contribution in [0.15, 0.2) is 42.5 Å². The summed E-state index contributed by atoms with van der Waals surface area (Å²) in [5.41, 5.74) is 8.63. The molecule has 1 aliphatic rings. The highest BCUT2D eigenvalue weighted by molar-refractivity contribution is 5.34. The van der Waals surface area contributed by atoms with Crippen molar-refractivity contribution in [2.45, 2.75) is 82.4 Å². The average molecular weight is 461 g/mol. The molecule has 33 heavy (non-hydrogen) atoms. The number of hydrogen-bond donors (Lipinski definition) is 3. The van der Waals surface area contributed by atoms with E-state index in [9.17, 15) is 19.0 Å². The lowest BCUT2D eigenvalue weighted by Crippen LogP contribution is -2.54. The van der Waals surface area contributed by atoms with Gasteiger partial charge in [-0.05, 0) is 53.5 Å². The van der Waals surface area contributed by atoms with Gasteiger partial charge < -0.3 is 15.9 Å². The molecule has 1 saturated carbocycles. The molecule has 0 bridgehead atoms. The molecule has 0 heterocycles. The normalized spacial score (nSPS) is 18.3. The van der Waals surface area contributed by atoms with E-state index >= 15 is 0 Å². The maximum absolute atomic E-state index is 13.6. The van der Waals surface area contributed by atoms with Gasteiger partial charge in [0.2, 0.25) is 0 Å². The molecule has 4 nitrogen and oxygen atoms in total. The first kappa shape index (κ1) is 25.8. The Morgan fingerprint density at radius 2 is 1.67 bits per heavy atom. The lowest BCUT2D eigenvalue weighted by molar-refractivity contribution is -0.0510. The molecular formula is C27H38F2N2O2. The molecule has 0 aromatic heterocycles. The van der Waals surface area contributed by atoms with Crippen molar-refractivity contribution in [3.8, 4) is 0 Å². The van der Waals surface area contributed by atoms with E-state index < -0.39 is 23.8 Å². The van der Waals surface area contributed by atoms with Crippen LogP contribution in [0.1, 0.15) is 69.6 Å². The molecule has 0 spiro atoms. The Bertz CT molecular complexity index is 902. The largest absolute Gasteiger partial charge is 0.390 e. The third-order valence-corrected chi connectivity index (χ3v) is 7.02. The number of nitrogens with two attached hydrogens (primary N) is 1. The van der Waals surface area contributed by atoms with Gasteiger partial charge in [0, 0.05) is 24.2 Å². The quantitative estimate of drug-likeness (QED) is 0.504. The van der Waals surface area contributed by atoms with E-state index in [0.717, 1.165) is 43.7 Å². The zero-order valence-electron chi connectivity index (χ0n) is 20.0. The summed E-state index contributed by atoms with van der Waals surface area (Å²) >= 11 is 0. The molecule has 0 saturated heterocycles. The summed E-state index contributed by atoms with van der Waals surface area (Å²) in [6.07, 6.45) is 4.18. The monoisotopic (exact) mass is 460 g/mol. The second-order valence-corrected chi connectivity index (χ2v) is 10.5. The van der Waals surface area contributed by atoms with Gasteiger partial charge in [-0.1, -0.05) is 64.3 Å². The molecule has 4 N–H and O–H groups in total. The van der Waals surface area contributed by atoms with Gasteiger partial charge in [-0.2, -0.15) is 0 Å². The fourth-order valence-corrected chi connectivity index (χ4v) is 5.07. The molecule has 182 valence electrons. The minimum Gasteiger partial charge on any atom is -0.390 e. The summed E-state index contributed by atoms with van der Waals surface area (Å²) in [6.45, 7) is 6.51. The number of halogens is 2. The van der Waals surface area contributed by atoms with Gasteiger partial charge in [-0.3, -0.25) is 4.90 Å². The first-order valence-corrected chi connectivity index (χ1v) is 11.9. The molecule has 2 aromatic carbocycles. The first-order chi connectivity index (χ1) is 15.5. The van der Waals surface area contributed by atoms with Crippen molar-refractivity contribution >= 4 is 0 Å². The predicted molar refractivity (Wildman–Crippen MR) is 128 cm³/mol. The SMILES string of the molecule is CC(C)(C)c1cccc(C2(N(CO)CC(O)C(N)Cc3cc(F)cc(F)c3)CCCCC2)c1. The van der Waals surface area contributed by atoms with Crippen LogP contribution in [0.3, 0.4) is 0 Å². The summed E-state index contributed by atoms with van der Waals surface area (Å²) in [5, 5.41) is 21.3. The standard InChI is InChI=1S/C27H38F2N2O2/c1-26(2,3)20-8-7-9-21(15-20)27(10-5-4-6-11-27)31(18-32)17-25(33)24(30)14-19-12-22(28)16-23(29)13-19/h7-9,12-13,15-16,24-25,32-33H,4-6,10-11,14,17-18,30H2,1-3H3. The van der Waals surface area contributed by atoms with E-state index in [1.165, 1.54) is 17.7 Å². The number of aliphatic hydroxyl groups excluding tert-OH is 2. The van der Waals surface area contributed by atoms with Crippen LogP contribution in [0.5, 0.6) is 0 Å². The molecular weight excluding hydrogens is 422 g/mol. The molecule has 0 amide bonds. The van der Waals surface area contributed by atoms with Crippen LogP contribution < -0.4 is 5.73 Å². The second-order valence-electron chi connectivity index (χ2n) is 10.5. The number of aliphatic hydroxyl groups is 2. The predicted octanol–water partition coefficient (Wildman–Crippen LogP) is 4.60. The van der Waals surface area contributed by atoms with Gasteiger partial charge in [0.25, 0.3) is 0 Å². The summed E-state index contributed by atoms with van der Waals surface area (Å²) in [6, 6.07) is 11.1. The van der Waals surface area contributed by atoms with Crippen LogP contribution in [0.2, 0.25) is 0 Å². The van der Waals surface area contributed by atoms with Crippen LogP contribution in [0, 0.1) is 11.6 Å². The van der Waals surface area contributed by atoms with E-state index in [4.69, 9.17) is 5.73 Å². The van der Waals surface area contributed by atoms with Gasteiger partial charge in [0.1, 0.15) is 11.6 Å². The zero-order valence-corrected chi connectivity index (χ0v) is 20.0. The molecule has 2 unspecified atom stereocenters. The van der Waals surface area contributed by atoms with Crippen molar-refractivity contribution < 1.29 is 19.0 Å². The molecule has 3 rings (SSSR count). The number of hydrogen-bond acceptors (Lipinski definition) is 4. The molecule has 1 fully saturated rings. The van der Waals surface area contributed by atoms with Crippen LogP contribution in [-0.4, -0.2) is 40.5 Å². The van der Waals surface area contributed by atoms with Gasteiger partial charge in [0.15, 0.2) is 0 Å². The van der Waals surface area contributed by atoms with Crippen LogP contribution in [0.4, 0.5) is 8.78 Å². The summed E-state index contributed by atoms with van der Waals surface area (Å²) in [4.78, 5) is 1.94. The molecule has 0 aliphatic heterocycles. The summed E-state index contributed by atoms with van der Waals surface area (Å²) in [5.74, 6) is -1.33. The molecule has 6 heteroatoms. The number of benzene rings is 2. The third-order valence-electron chi connectivity index (χ3n) is 7.02. The maximum atomic E-state index is 13.6. The van der Waals surface area contributed by atoms with E-state index in [-0.39, 0.29) is 30.7 Å². The molecule has 2 aromatic rings. The molecule has 0 radical (unpaired) electrons. The van der Waals surface area contributed by atoms with Crippen molar-refractivity contribution in [1.29, 1.82) is 0 Å². The van der Waals surface area contributed by atoms with Crippen molar-refractivity contribution in [2.75, 3.05) is 13.3 Å². The van der Waals surface area contributed by atoms with Crippen LogP contribution in [-0.2, 0) is 17.4 Å². The summed E-state index contributed by atoms with van der Waals surface area (Å²) in [7, 11) is 0. The smallest absolute Gasteiger partial charge is 0.126 e. The Morgan fingerprint density at radius 3 is 2.24 bits per heavy atom. The Balaban J connectivity index is 1.84. The maximum Gasteiger partial charge on any atom is 0.126 e. The Morgan fingerprint density at radius 1 is 1.03 bits per heavy atom. The average Bonchev–Trinajstić information content (AvgIpc) is 2.76.